The second-order valence-corrected chi connectivity index (χ2v) is 8.04. The highest BCUT2D eigenvalue weighted by Crippen LogP contribution is 2.36. The van der Waals surface area contributed by atoms with E-state index >= 15 is 0 Å². The third kappa shape index (κ3) is 5.25. The maximum Gasteiger partial charge on any atom is 0.269 e. The number of anilines is 1. The standard InChI is InChI=1S/C20H15Br2ClN2O3/c21-17-9-13(11-24-15-5-7-16(8-6-15)25(26)27)10-18(22)20(17)28-12-14-3-1-2-4-19(14)23/h1-10,24H,11-12H2. The van der Waals surface area contributed by atoms with E-state index in [1.54, 1.807) is 12.1 Å². The number of nitrogens with one attached hydrogen (secondary N) is 1. The summed E-state index contributed by atoms with van der Waals surface area (Å²) in [6.45, 7) is 0.914. The molecular formula is C20H15Br2ClN2O3. The van der Waals surface area contributed by atoms with Crippen molar-refractivity contribution in [2.24, 2.45) is 0 Å². The van der Waals surface area contributed by atoms with E-state index in [-0.39, 0.29) is 5.69 Å². The Morgan fingerprint density at radius 1 is 1.04 bits per heavy atom. The summed E-state index contributed by atoms with van der Waals surface area (Å²) in [6.07, 6.45) is 0. The summed E-state index contributed by atoms with van der Waals surface area (Å²) in [5.74, 6) is 0.694. The zero-order chi connectivity index (χ0) is 20.1. The first-order chi connectivity index (χ1) is 13.4. The molecule has 0 bridgehead atoms. The molecule has 0 aromatic heterocycles. The Hall–Kier alpha value is -2.09. The molecule has 3 aromatic carbocycles. The second kappa shape index (κ2) is 9.41. The van der Waals surface area contributed by atoms with Crippen molar-refractivity contribution in [3.8, 4) is 5.75 Å². The lowest BCUT2D eigenvalue weighted by molar-refractivity contribution is -0.384. The molecule has 144 valence electrons. The maximum absolute atomic E-state index is 10.7. The molecule has 0 radical (unpaired) electrons. The number of nitro groups is 1. The van der Waals surface area contributed by atoms with Crippen LogP contribution in [0, 0.1) is 10.1 Å². The molecule has 1 N–H and O–H groups in total. The van der Waals surface area contributed by atoms with Crippen molar-refractivity contribution in [1.82, 2.24) is 0 Å². The molecular weight excluding hydrogens is 511 g/mol. The minimum atomic E-state index is -0.417. The van der Waals surface area contributed by atoms with Gasteiger partial charge in [-0.2, -0.15) is 0 Å². The molecule has 5 nitrogen and oxygen atoms in total. The van der Waals surface area contributed by atoms with Crippen LogP contribution in [0.2, 0.25) is 5.02 Å². The third-order valence-corrected chi connectivity index (χ3v) is 5.51. The van der Waals surface area contributed by atoms with Crippen molar-refractivity contribution >= 4 is 54.8 Å². The van der Waals surface area contributed by atoms with Crippen molar-refractivity contribution in [3.63, 3.8) is 0 Å². The summed E-state index contributed by atoms with van der Waals surface area (Å²) >= 11 is 13.3. The zero-order valence-electron chi connectivity index (χ0n) is 14.5. The van der Waals surface area contributed by atoms with Crippen LogP contribution in [0.4, 0.5) is 11.4 Å². The van der Waals surface area contributed by atoms with Crippen molar-refractivity contribution in [1.29, 1.82) is 0 Å². The summed E-state index contributed by atoms with van der Waals surface area (Å²) < 4.78 is 7.55. The van der Waals surface area contributed by atoms with Gasteiger partial charge >= 0.3 is 0 Å². The first kappa shape index (κ1) is 20.6. The summed E-state index contributed by atoms with van der Waals surface area (Å²) in [5, 5.41) is 14.6. The van der Waals surface area contributed by atoms with E-state index in [1.807, 2.05) is 36.4 Å². The zero-order valence-corrected chi connectivity index (χ0v) is 18.4. The van der Waals surface area contributed by atoms with Crippen molar-refractivity contribution < 1.29 is 9.66 Å². The molecule has 0 aliphatic heterocycles. The summed E-state index contributed by atoms with van der Waals surface area (Å²) in [5.41, 5.74) is 2.79. The molecule has 0 aliphatic carbocycles. The van der Waals surface area contributed by atoms with Crippen LogP contribution in [0.5, 0.6) is 5.75 Å². The summed E-state index contributed by atoms with van der Waals surface area (Å²) in [4.78, 5) is 10.3. The van der Waals surface area contributed by atoms with E-state index < -0.39 is 4.92 Å². The molecule has 0 saturated heterocycles. The topological polar surface area (TPSA) is 64.4 Å². The Balaban J connectivity index is 1.66. The van der Waals surface area contributed by atoms with Gasteiger partial charge in [0, 0.05) is 35.0 Å². The molecule has 28 heavy (non-hydrogen) atoms. The quantitative estimate of drug-likeness (QED) is 0.267. The van der Waals surface area contributed by atoms with Crippen LogP contribution in [-0.4, -0.2) is 4.92 Å². The largest absolute Gasteiger partial charge is 0.486 e. The van der Waals surface area contributed by atoms with Crippen LogP contribution in [-0.2, 0) is 13.2 Å². The van der Waals surface area contributed by atoms with E-state index in [0.717, 1.165) is 25.8 Å². The first-order valence-corrected chi connectivity index (χ1v) is 10.2. The van der Waals surface area contributed by atoms with Gasteiger partial charge in [0.2, 0.25) is 0 Å². The lowest BCUT2D eigenvalue weighted by Gasteiger charge is -2.14. The van der Waals surface area contributed by atoms with Gasteiger partial charge in [0.1, 0.15) is 12.4 Å². The Morgan fingerprint density at radius 3 is 2.29 bits per heavy atom. The number of hydrogen-bond donors (Lipinski definition) is 1. The average Bonchev–Trinajstić information content (AvgIpc) is 2.67. The summed E-state index contributed by atoms with van der Waals surface area (Å²) in [7, 11) is 0. The summed E-state index contributed by atoms with van der Waals surface area (Å²) in [6, 6.07) is 17.8. The normalized spacial score (nSPS) is 10.5. The number of hydrogen-bond acceptors (Lipinski definition) is 4. The number of nitrogens with zero attached hydrogens (tertiary/aromatic N) is 1. The number of rotatable bonds is 7. The Kier molecular flexibility index (Phi) is 6.93. The molecule has 0 heterocycles. The fourth-order valence-electron chi connectivity index (χ4n) is 2.52. The van der Waals surface area contributed by atoms with Crippen molar-refractivity contribution in [3.05, 3.63) is 95.9 Å². The predicted octanol–water partition coefficient (Wildman–Crippen LogP) is 6.96. The minimum absolute atomic E-state index is 0.0658. The number of ether oxygens (including phenoxy) is 1. The van der Waals surface area contributed by atoms with Gasteiger partial charge in [-0.15, -0.1) is 0 Å². The highest BCUT2D eigenvalue weighted by molar-refractivity contribution is 9.11. The molecule has 8 heteroatoms. The molecule has 0 amide bonds. The van der Waals surface area contributed by atoms with Crippen LogP contribution < -0.4 is 10.1 Å². The molecule has 0 fully saturated rings. The van der Waals surface area contributed by atoms with E-state index in [1.165, 1.54) is 12.1 Å². The van der Waals surface area contributed by atoms with Gasteiger partial charge in [-0.05, 0) is 67.8 Å². The van der Waals surface area contributed by atoms with E-state index in [4.69, 9.17) is 16.3 Å². The van der Waals surface area contributed by atoms with E-state index in [9.17, 15) is 10.1 Å². The third-order valence-electron chi connectivity index (χ3n) is 3.96. The lowest BCUT2D eigenvalue weighted by Crippen LogP contribution is -2.02. The molecule has 0 unspecified atom stereocenters. The Morgan fingerprint density at radius 2 is 1.68 bits per heavy atom. The van der Waals surface area contributed by atoms with E-state index in [0.29, 0.717) is 23.9 Å². The fourth-order valence-corrected chi connectivity index (χ4v) is 4.22. The van der Waals surface area contributed by atoms with Crippen molar-refractivity contribution in [2.75, 3.05) is 5.32 Å². The first-order valence-electron chi connectivity index (χ1n) is 8.26. The molecule has 0 atom stereocenters. The molecule has 3 rings (SSSR count). The number of nitro benzene ring substituents is 1. The molecule has 3 aromatic rings. The van der Waals surface area contributed by atoms with Crippen LogP contribution >= 0.6 is 43.5 Å². The van der Waals surface area contributed by atoms with Gasteiger partial charge in [0.05, 0.1) is 13.9 Å². The van der Waals surface area contributed by atoms with E-state index in [2.05, 4.69) is 37.2 Å². The lowest BCUT2D eigenvalue weighted by atomic mass is 10.2. The maximum atomic E-state index is 10.7. The monoisotopic (exact) mass is 524 g/mol. The predicted molar refractivity (Wildman–Crippen MR) is 118 cm³/mol. The second-order valence-electron chi connectivity index (χ2n) is 5.93. The highest BCUT2D eigenvalue weighted by atomic mass is 79.9. The Labute approximate surface area is 184 Å². The van der Waals surface area contributed by atoms with Gasteiger partial charge in [0.15, 0.2) is 0 Å². The Bertz CT molecular complexity index is 974. The van der Waals surface area contributed by atoms with Crippen LogP contribution in [0.3, 0.4) is 0 Å². The van der Waals surface area contributed by atoms with Crippen molar-refractivity contribution in [2.45, 2.75) is 13.2 Å². The van der Waals surface area contributed by atoms with Crippen LogP contribution in [0.25, 0.3) is 0 Å². The average molecular weight is 527 g/mol. The van der Waals surface area contributed by atoms with Crippen LogP contribution in [0.1, 0.15) is 11.1 Å². The number of non-ortho nitro benzene ring substituents is 1. The molecule has 0 aliphatic rings. The van der Waals surface area contributed by atoms with Crippen LogP contribution in [0.15, 0.2) is 69.6 Å². The van der Waals surface area contributed by atoms with Gasteiger partial charge in [-0.1, -0.05) is 29.8 Å². The molecule has 0 spiro atoms. The van der Waals surface area contributed by atoms with Gasteiger partial charge in [0.25, 0.3) is 5.69 Å². The highest BCUT2D eigenvalue weighted by Gasteiger charge is 2.11. The SMILES string of the molecule is O=[N+]([O-])c1ccc(NCc2cc(Br)c(OCc3ccccc3Cl)c(Br)c2)cc1. The smallest absolute Gasteiger partial charge is 0.269 e. The minimum Gasteiger partial charge on any atom is -0.486 e. The fraction of sp³-hybridized carbons (Fsp3) is 0.100. The van der Waals surface area contributed by atoms with Gasteiger partial charge in [-0.3, -0.25) is 10.1 Å². The van der Waals surface area contributed by atoms with Gasteiger partial charge in [-0.25, -0.2) is 0 Å². The van der Waals surface area contributed by atoms with Gasteiger partial charge < -0.3 is 10.1 Å². The molecule has 0 saturated carbocycles. The number of halogens is 3. The number of benzene rings is 3.